The van der Waals surface area contributed by atoms with E-state index in [4.69, 9.17) is 16.3 Å². The Balaban J connectivity index is 1.63. The van der Waals surface area contributed by atoms with Gasteiger partial charge in [0.2, 0.25) is 0 Å². The number of fused-ring (bicyclic) bond motifs is 3. The highest BCUT2D eigenvalue weighted by Crippen LogP contribution is 2.46. The van der Waals surface area contributed by atoms with Gasteiger partial charge in [0, 0.05) is 36.1 Å². The standard InChI is InChI=1S/C20H22ClNO/c1-14-8-9-16-17(19(14)21)12-23-20(2)13-22(11-18(16)20)10-15-6-4-3-5-7-15/h3-9,18H,10-13H2,1-2H3/t18-,20-/m1/s1. The molecular weight excluding hydrogens is 306 g/mol. The lowest BCUT2D eigenvalue weighted by Crippen LogP contribution is -2.40. The smallest absolute Gasteiger partial charge is 0.0866 e. The van der Waals surface area contributed by atoms with Crippen molar-refractivity contribution in [1.29, 1.82) is 0 Å². The van der Waals surface area contributed by atoms with Crippen LogP contribution in [0.3, 0.4) is 0 Å². The topological polar surface area (TPSA) is 12.5 Å². The van der Waals surface area contributed by atoms with Crippen molar-refractivity contribution < 1.29 is 4.74 Å². The molecule has 2 aliphatic heterocycles. The third-order valence-corrected chi connectivity index (χ3v) is 5.88. The summed E-state index contributed by atoms with van der Waals surface area (Å²) in [5, 5.41) is 0.881. The van der Waals surface area contributed by atoms with Crippen molar-refractivity contribution >= 4 is 11.6 Å². The Bertz CT molecular complexity index is 730. The molecule has 2 aliphatic rings. The lowest BCUT2D eigenvalue weighted by Gasteiger charge is -2.37. The number of hydrogen-bond donors (Lipinski definition) is 0. The molecule has 2 atom stereocenters. The van der Waals surface area contributed by atoms with Crippen molar-refractivity contribution in [2.45, 2.75) is 38.5 Å². The monoisotopic (exact) mass is 327 g/mol. The Morgan fingerprint density at radius 3 is 2.78 bits per heavy atom. The summed E-state index contributed by atoms with van der Waals surface area (Å²) in [4.78, 5) is 2.50. The van der Waals surface area contributed by atoms with Crippen molar-refractivity contribution in [2.75, 3.05) is 13.1 Å². The van der Waals surface area contributed by atoms with Crippen LogP contribution in [-0.2, 0) is 17.9 Å². The molecule has 0 unspecified atom stereocenters. The Morgan fingerprint density at radius 2 is 2.00 bits per heavy atom. The molecule has 2 aromatic rings. The average molecular weight is 328 g/mol. The molecule has 2 nitrogen and oxygen atoms in total. The highest BCUT2D eigenvalue weighted by Gasteiger charge is 2.48. The zero-order chi connectivity index (χ0) is 16.0. The van der Waals surface area contributed by atoms with Crippen LogP contribution in [0.2, 0.25) is 5.02 Å². The highest BCUT2D eigenvalue weighted by molar-refractivity contribution is 6.32. The summed E-state index contributed by atoms with van der Waals surface area (Å²) in [7, 11) is 0. The van der Waals surface area contributed by atoms with Crippen LogP contribution in [0.25, 0.3) is 0 Å². The van der Waals surface area contributed by atoms with Gasteiger partial charge in [-0.05, 0) is 30.5 Å². The van der Waals surface area contributed by atoms with Gasteiger partial charge >= 0.3 is 0 Å². The van der Waals surface area contributed by atoms with E-state index >= 15 is 0 Å². The zero-order valence-corrected chi connectivity index (χ0v) is 14.4. The fourth-order valence-electron chi connectivity index (χ4n) is 4.07. The maximum Gasteiger partial charge on any atom is 0.0866 e. The second-order valence-corrected chi connectivity index (χ2v) is 7.45. The summed E-state index contributed by atoms with van der Waals surface area (Å²) < 4.78 is 6.29. The van der Waals surface area contributed by atoms with Crippen LogP contribution >= 0.6 is 11.6 Å². The molecule has 0 bridgehead atoms. The maximum atomic E-state index is 6.52. The number of hydrogen-bond acceptors (Lipinski definition) is 2. The van der Waals surface area contributed by atoms with Crippen LogP contribution in [0.1, 0.15) is 35.1 Å². The largest absolute Gasteiger partial charge is 0.369 e. The molecule has 2 heterocycles. The van der Waals surface area contributed by atoms with Crippen molar-refractivity contribution in [1.82, 2.24) is 4.90 Å². The van der Waals surface area contributed by atoms with E-state index in [0.29, 0.717) is 12.5 Å². The number of halogens is 1. The SMILES string of the molecule is Cc1ccc2c(c1Cl)CO[C@]1(C)CN(Cc3ccccc3)C[C@H]21. The molecule has 0 N–H and O–H groups in total. The van der Waals surface area contributed by atoms with E-state index in [0.717, 1.165) is 30.2 Å². The van der Waals surface area contributed by atoms with Crippen molar-refractivity contribution in [2.24, 2.45) is 0 Å². The number of rotatable bonds is 2. The van der Waals surface area contributed by atoms with Gasteiger partial charge < -0.3 is 4.74 Å². The predicted molar refractivity (Wildman–Crippen MR) is 93.8 cm³/mol. The first-order chi connectivity index (χ1) is 11.1. The van der Waals surface area contributed by atoms with Gasteiger partial charge in [-0.1, -0.05) is 54.1 Å². The molecule has 0 amide bonds. The van der Waals surface area contributed by atoms with Gasteiger partial charge in [0.25, 0.3) is 0 Å². The first-order valence-corrected chi connectivity index (χ1v) is 8.63. The molecule has 23 heavy (non-hydrogen) atoms. The molecule has 2 aromatic carbocycles. The number of likely N-dealkylation sites (tertiary alicyclic amines) is 1. The lowest BCUT2D eigenvalue weighted by molar-refractivity contribution is -0.0567. The zero-order valence-electron chi connectivity index (χ0n) is 13.7. The van der Waals surface area contributed by atoms with Gasteiger partial charge in [-0.25, -0.2) is 0 Å². The molecule has 4 rings (SSSR count). The van der Waals surface area contributed by atoms with Crippen molar-refractivity contribution in [3.63, 3.8) is 0 Å². The van der Waals surface area contributed by atoms with Crippen LogP contribution in [-0.4, -0.2) is 23.6 Å². The van der Waals surface area contributed by atoms with Gasteiger partial charge in [-0.2, -0.15) is 0 Å². The molecule has 0 spiro atoms. The minimum absolute atomic E-state index is 0.111. The summed E-state index contributed by atoms with van der Waals surface area (Å²) in [6, 6.07) is 15.1. The average Bonchev–Trinajstić information content (AvgIpc) is 2.88. The van der Waals surface area contributed by atoms with E-state index in [1.807, 2.05) is 0 Å². The summed E-state index contributed by atoms with van der Waals surface area (Å²) in [5.74, 6) is 0.396. The summed E-state index contributed by atoms with van der Waals surface area (Å²) in [5.41, 5.74) is 4.95. The first kappa shape index (κ1) is 15.2. The molecule has 0 radical (unpaired) electrons. The third-order valence-electron chi connectivity index (χ3n) is 5.36. The van der Waals surface area contributed by atoms with E-state index in [1.165, 1.54) is 16.7 Å². The quantitative estimate of drug-likeness (QED) is 0.803. The van der Waals surface area contributed by atoms with Crippen LogP contribution in [0.15, 0.2) is 42.5 Å². The highest BCUT2D eigenvalue weighted by atomic mass is 35.5. The van der Waals surface area contributed by atoms with Crippen LogP contribution in [0.4, 0.5) is 0 Å². The fourth-order valence-corrected chi connectivity index (χ4v) is 4.30. The van der Waals surface area contributed by atoms with Gasteiger partial charge in [0.1, 0.15) is 0 Å². The minimum atomic E-state index is -0.111. The van der Waals surface area contributed by atoms with Crippen molar-refractivity contribution in [3.05, 3.63) is 69.7 Å². The van der Waals surface area contributed by atoms with Crippen molar-refractivity contribution in [3.8, 4) is 0 Å². The molecule has 0 aliphatic carbocycles. The van der Waals surface area contributed by atoms with Crippen LogP contribution in [0, 0.1) is 6.92 Å². The minimum Gasteiger partial charge on any atom is -0.369 e. The summed E-state index contributed by atoms with van der Waals surface area (Å²) in [6.07, 6.45) is 0. The Morgan fingerprint density at radius 1 is 1.22 bits per heavy atom. The summed E-state index contributed by atoms with van der Waals surface area (Å²) >= 11 is 6.52. The van der Waals surface area contributed by atoms with Gasteiger partial charge in [-0.3, -0.25) is 4.90 Å². The fraction of sp³-hybridized carbons (Fsp3) is 0.400. The molecule has 1 saturated heterocycles. The number of aryl methyl sites for hydroxylation is 1. The number of benzene rings is 2. The second kappa shape index (κ2) is 5.62. The van der Waals surface area contributed by atoms with Gasteiger partial charge in [0.05, 0.1) is 12.2 Å². The number of ether oxygens (including phenoxy) is 1. The normalized spacial score (nSPS) is 26.8. The summed E-state index contributed by atoms with van der Waals surface area (Å²) in [6.45, 7) is 7.91. The van der Waals surface area contributed by atoms with E-state index < -0.39 is 0 Å². The van der Waals surface area contributed by atoms with E-state index in [2.05, 4.69) is 61.2 Å². The van der Waals surface area contributed by atoms with E-state index in [-0.39, 0.29) is 5.60 Å². The van der Waals surface area contributed by atoms with Gasteiger partial charge in [0.15, 0.2) is 0 Å². The lowest BCUT2D eigenvalue weighted by atomic mass is 9.81. The third kappa shape index (κ3) is 2.59. The Hall–Kier alpha value is -1.35. The predicted octanol–water partition coefficient (Wildman–Crippen LogP) is 4.54. The molecule has 120 valence electrons. The molecule has 0 aromatic heterocycles. The van der Waals surface area contributed by atoms with Crippen LogP contribution < -0.4 is 0 Å². The van der Waals surface area contributed by atoms with Gasteiger partial charge in [-0.15, -0.1) is 0 Å². The maximum absolute atomic E-state index is 6.52. The van der Waals surface area contributed by atoms with E-state index in [9.17, 15) is 0 Å². The second-order valence-electron chi connectivity index (χ2n) is 7.07. The van der Waals surface area contributed by atoms with E-state index in [1.54, 1.807) is 0 Å². The number of nitrogens with zero attached hydrogens (tertiary/aromatic N) is 1. The molecule has 3 heteroatoms. The molecule has 1 fully saturated rings. The Kier molecular flexibility index (Phi) is 3.72. The first-order valence-electron chi connectivity index (χ1n) is 8.25. The Labute approximate surface area is 143 Å². The molecular formula is C20H22ClNO. The molecule has 0 saturated carbocycles. The van der Waals surface area contributed by atoms with Crippen LogP contribution in [0.5, 0.6) is 0 Å².